The molecule has 118 valence electrons. The number of hydrogen-bond acceptors (Lipinski definition) is 4. The number of nitrogens with one attached hydrogen (secondary N) is 1. The normalized spacial score (nSPS) is 18.9. The van der Waals surface area contributed by atoms with Gasteiger partial charge in [0.25, 0.3) is 0 Å². The van der Waals surface area contributed by atoms with Gasteiger partial charge in [0.1, 0.15) is 6.23 Å². The van der Waals surface area contributed by atoms with Gasteiger partial charge in [-0.05, 0) is 18.9 Å². The topological polar surface area (TPSA) is 113 Å². The zero-order chi connectivity index (χ0) is 15.8. The summed E-state index contributed by atoms with van der Waals surface area (Å²) in [5.74, 6) is -0.891. The van der Waals surface area contributed by atoms with Crippen molar-refractivity contribution in [2.24, 2.45) is 11.7 Å². The van der Waals surface area contributed by atoms with Gasteiger partial charge in [-0.25, -0.2) is 0 Å². The maximum Gasteiger partial charge on any atom is 0.248 e. The lowest BCUT2D eigenvalue weighted by Crippen LogP contribution is -2.37. The predicted molar refractivity (Wildman–Crippen MR) is 76.7 cm³/mol. The van der Waals surface area contributed by atoms with Crippen molar-refractivity contribution in [3.8, 4) is 0 Å². The van der Waals surface area contributed by atoms with Gasteiger partial charge in [0, 0.05) is 31.5 Å². The van der Waals surface area contributed by atoms with E-state index in [4.69, 9.17) is 5.73 Å². The monoisotopic (exact) mass is 297 g/mol. The van der Waals surface area contributed by atoms with Crippen molar-refractivity contribution < 1.29 is 19.5 Å². The number of carbonyl (C=O) groups is 3. The molecule has 0 spiro atoms. The molecule has 0 aromatic rings. The van der Waals surface area contributed by atoms with Crippen LogP contribution >= 0.6 is 0 Å². The SMILES string of the molecule is CC(CCCCNC(=O)CCN1C(=O)C=C[C@H]1O)C(N)=O. The Morgan fingerprint density at radius 2 is 2.19 bits per heavy atom. The van der Waals surface area contributed by atoms with Crippen molar-refractivity contribution in [1.82, 2.24) is 10.2 Å². The summed E-state index contributed by atoms with van der Waals surface area (Å²) >= 11 is 0. The van der Waals surface area contributed by atoms with Crippen LogP contribution in [0.3, 0.4) is 0 Å². The maximum atomic E-state index is 11.6. The number of primary amides is 1. The van der Waals surface area contributed by atoms with Gasteiger partial charge < -0.3 is 21.1 Å². The Balaban J connectivity index is 2.07. The number of nitrogens with zero attached hydrogens (tertiary/aromatic N) is 1. The highest BCUT2D eigenvalue weighted by molar-refractivity contribution is 5.90. The molecular weight excluding hydrogens is 274 g/mol. The van der Waals surface area contributed by atoms with Gasteiger partial charge in [0.15, 0.2) is 0 Å². The molecule has 1 aliphatic rings. The lowest BCUT2D eigenvalue weighted by molar-refractivity contribution is -0.132. The molecule has 1 heterocycles. The van der Waals surface area contributed by atoms with E-state index in [0.717, 1.165) is 12.8 Å². The Bertz CT molecular complexity index is 422. The standard InChI is InChI=1S/C14H23N3O4/c1-10(14(15)21)4-2-3-8-16-11(18)7-9-17-12(19)5-6-13(17)20/h5-6,10,12,19H,2-4,7-9H2,1H3,(H2,15,21)(H,16,18)/t10?,12-/m1/s1. The second kappa shape index (κ2) is 8.41. The highest BCUT2D eigenvalue weighted by Gasteiger charge is 2.23. The van der Waals surface area contributed by atoms with Crippen LogP contribution in [0.5, 0.6) is 0 Å². The molecule has 0 radical (unpaired) electrons. The van der Waals surface area contributed by atoms with Crippen molar-refractivity contribution in [1.29, 1.82) is 0 Å². The zero-order valence-corrected chi connectivity index (χ0v) is 12.2. The minimum atomic E-state index is -0.930. The number of unbranched alkanes of at least 4 members (excludes halogenated alkanes) is 1. The van der Waals surface area contributed by atoms with E-state index in [9.17, 15) is 19.5 Å². The molecule has 0 fully saturated rings. The summed E-state index contributed by atoms with van der Waals surface area (Å²) < 4.78 is 0. The Labute approximate surface area is 124 Å². The van der Waals surface area contributed by atoms with Gasteiger partial charge in [-0.2, -0.15) is 0 Å². The van der Waals surface area contributed by atoms with E-state index in [1.165, 1.54) is 17.1 Å². The molecule has 2 atom stereocenters. The molecule has 0 aromatic heterocycles. The highest BCUT2D eigenvalue weighted by Crippen LogP contribution is 2.09. The van der Waals surface area contributed by atoms with E-state index < -0.39 is 6.23 Å². The largest absolute Gasteiger partial charge is 0.370 e. The van der Waals surface area contributed by atoms with E-state index in [1.807, 2.05) is 0 Å². The Morgan fingerprint density at radius 1 is 1.48 bits per heavy atom. The van der Waals surface area contributed by atoms with Crippen LogP contribution in [-0.4, -0.2) is 47.0 Å². The number of aliphatic hydroxyl groups is 1. The third-order valence-corrected chi connectivity index (χ3v) is 3.46. The molecular formula is C14H23N3O4. The molecule has 1 unspecified atom stereocenters. The summed E-state index contributed by atoms with van der Waals surface area (Å²) in [5, 5.41) is 12.2. The van der Waals surface area contributed by atoms with Crippen LogP contribution < -0.4 is 11.1 Å². The third-order valence-electron chi connectivity index (χ3n) is 3.46. The first kappa shape index (κ1) is 17.2. The molecule has 4 N–H and O–H groups in total. The number of rotatable bonds is 9. The zero-order valence-electron chi connectivity index (χ0n) is 12.2. The average Bonchev–Trinajstić information content (AvgIpc) is 2.75. The first-order valence-corrected chi connectivity index (χ1v) is 7.14. The molecule has 1 rings (SSSR count). The van der Waals surface area contributed by atoms with E-state index in [2.05, 4.69) is 5.32 Å². The highest BCUT2D eigenvalue weighted by atomic mass is 16.3. The maximum absolute atomic E-state index is 11.6. The Morgan fingerprint density at radius 3 is 2.76 bits per heavy atom. The number of nitrogens with two attached hydrogens (primary N) is 1. The van der Waals surface area contributed by atoms with E-state index in [-0.39, 0.29) is 36.6 Å². The van der Waals surface area contributed by atoms with Crippen molar-refractivity contribution in [2.75, 3.05) is 13.1 Å². The van der Waals surface area contributed by atoms with Gasteiger partial charge in [-0.15, -0.1) is 0 Å². The molecule has 1 aliphatic heterocycles. The van der Waals surface area contributed by atoms with Crippen molar-refractivity contribution in [3.05, 3.63) is 12.2 Å². The fraction of sp³-hybridized carbons (Fsp3) is 0.643. The van der Waals surface area contributed by atoms with Crippen LogP contribution in [0, 0.1) is 5.92 Å². The van der Waals surface area contributed by atoms with Crippen LogP contribution in [0.25, 0.3) is 0 Å². The number of amides is 3. The third kappa shape index (κ3) is 5.95. The molecule has 7 nitrogen and oxygen atoms in total. The number of aliphatic hydroxyl groups excluding tert-OH is 1. The molecule has 0 saturated carbocycles. The van der Waals surface area contributed by atoms with E-state index in [0.29, 0.717) is 13.0 Å². The van der Waals surface area contributed by atoms with Crippen LogP contribution in [0.4, 0.5) is 0 Å². The predicted octanol–water partition coefficient (Wildman–Crippen LogP) is -0.499. The van der Waals surface area contributed by atoms with E-state index >= 15 is 0 Å². The summed E-state index contributed by atoms with van der Waals surface area (Å²) in [4.78, 5) is 35.0. The number of hydrogen-bond donors (Lipinski definition) is 3. The fourth-order valence-electron chi connectivity index (χ4n) is 2.00. The fourth-order valence-corrected chi connectivity index (χ4v) is 2.00. The van der Waals surface area contributed by atoms with Gasteiger partial charge in [-0.1, -0.05) is 13.3 Å². The quantitative estimate of drug-likeness (QED) is 0.498. The Kier molecular flexibility index (Phi) is 6.87. The molecule has 0 bridgehead atoms. The lowest BCUT2D eigenvalue weighted by Gasteiger charge is -2.19. The van der Waals surface area contributed by atoms with Gasteiger partial charge >= 0.3 is 0 Å². The smallest absolute Gasteiger partial charge is 0.248 e. The molecule has 0 aromatic carbocycles. The molecule has 7 heteroatoms. The van der Waals surface area contributed by atoms with Crippen LogP contribution in [0.1, 0.15) is 32.6 Å². The number of carbonyl (C=O) groups excluding carboxylic acids is 3. The van der Waals surface area contributed by atoms with Crippen molar-refractivity contribution in [2.45, 2.75) is 38.8 Å². The summed E-state index contributed by atoms with van der Waals surface area (Å²) in [7, 11) is 0. The molecule has 0 aliphatic carbocycles. The lowest BCUT2D eigenvalue weighted by atomic mass is 10.0. The van der Waals surface area contributed by atoms with Crippen molar-refractivity contribution >= 4 is 17.7 Å². The first-order chi connectivity index (χ1) is 9.91. The molecule has 21 heavy (non-hydrogen) atoms. The van der Waals surface area contributed by atoms with Gasteiger partial charge in [-0.3, -0.25) is 14.4 Å². The van der Waals surface area contributed by atoms with Crippen molar-refractivity contribution in [3.63, 3.8) is 0 Å². The summed E-state index contributed by atoms with van der Waals surface area (Å²) in [6.07, 6.45) is 4.21. The van der Waals surface area contributed by atoms with Gasteiger partial charge in [0.2, 0.25) is 17.7 Å². The van der Waals surface area contributed by atoms with E-state index in [1.54, 1.807) is 6.92 Å². The molecule has 3 amide bonds. The van der Waals surface area contributed by atoms with Crippen LogP contribution in [0.2, 0.25) is 0 Å². The minimum Gasteiger partial charge on any atom is -0.370 e. The second-order valence-electron chi connectivity index (χ2n) is 5.20. The Hall–Kier alpha value is -1.89. The molecule has 0 saturated heterocycles. The second-order valence-corrected chi connectivity index (χ2v) is 5.20. The summed E-state index contributed by atoms with van der Waals surface area (Å²) in [6, 6.07) is 0. The average molecular weight is 297 g/mol. The first-order valence-electron chi connectivity index (χ1n) is 7.14. The summed E-state index contributed by atoms with van der Waals surface area (Å²) in [5.41, 5.74) is 5.15. The van der Waals surface area contributed by atoms with Crippen LogP contribution in [0.15, 0.2) is 12.2 Å². The minimum absolute atomic E-state index is 0.143. The summed E-state index contributed by atoms with van der Waals surface area (Å²) in [6.45, 7) is 2.50. The van der Waals surface area contributed by atoms with Crippen LogP contribution in [-0.2, 0) is 14.4 Å². The van der Waals surface area contributed by atoms with Gasteiger partial charge in [0.05, 0.1) is 0 Å².